The molecule has 3 aromatic rings. The van der Waals surface area contributed by atoms with Gasteiger partial charge in [-0.3, -0.25) is 9.48 Å². The Balaban J connectivity index is 1.44. The number of halogens is 5. The fourth-order valence-corrected chi connectivity index (χ4v) is 6.31. The molecule has 2 aromatic heterocycles. The summed E-state index contributed by atoms with van der Waals surface area (Å²) in [5.74, 6) is -1.14. The second-order valence-electron chi connectivity index (χ2n) is 9.91. The standard InChI is InChI=1S/C24H24ClF4N5O2/c1-33-10-15(20(32-33)24(27,28)29)23(36)8-13-5-12(6-14(13)9-23)18-19(21(30)35)34(2)22(31-18)11-3-4-17(26)16(25)7-11/h3-4,7,10,12-14,36H,5-6,8-9H2,1-2H3,(H2,30,35). The lowest BCUT2D eigenvalue weighted by atomic mass is 9.87. The van der Waals surface area contributed by atoms with E-state index in [9.17, 15) is 27.5 Å². The van der Waals surface area contributed by atoms with Gasteiger partial charge in [0.05, 0.1) is 16.3 Å². The van der Waals surface area contributed by atoms with Gasteiger partial charge in [-0.15, -0.1) is 0 Å². The number of rotatable bonds is 4. The number of hydrogen-bond donors (Lipinski definition) is 2. The van der Waals surface area contributed by atoms with E-state index in [2.05, 4.69) is 10.1 Å². The fourth-order valence-electron chi connectivity index (χ4n) is 6.13. The van der Waals surface area contributed by atoms with Gasteiger partial charge >= 0.3 is 6.18 Å². The summed E-state index contributed by atoms with van der Waals surface area (Å²) in [5.41, 5.74) is 4.02. The Kier molecular flexibility index (Phi) is 5.71. The van der Waals surface area contributed by atoms with Crippen LogP contribution in [-0.2, 0) is 25.9 Å². The Morgan fingerprint density at radius 3 is 2.42 bits per heavy atom. The SMILES string of the molecule is Cn1cc(C2(O)CC3CC(c4nc(-c5ccc(F)c(Cl)c5)n(C)c4C(N)=O)CC3C2)c(C(F)(F)F)n1. The van der Waals surface area contributed by atoms with Crippen LogP contribution in [0.4, 0.5) is 17.6 Å². The number of aryl methyl sites for hydroxylation is 1. The quantitative estimate of drug-likeness (QED) is 0.489. The number of primary amides is 1. The summed E-state index contributed by atoms with van der Waals surface area (Å²) in [6, 6.07) is 4.14. The molecule has 0 spiro atoms. The largest absolute Gasteiger partial charge is 0.435 e. The van der Waals surface area contributed by atoms with Crippen molar-refractivity contribution in [2.45, 2.75) is 43.4 Å². The van der Waals surface area contributed by atoms with Crippen LogP contribution in [0.3, 0.4) is 0 Å². The molecule has 3 N–H and O–H groups in total. The monoisotopic (exact) mass is 525 g/mol. The highest BCUT2D eigenvalue weighted by Crippen LogP contribution is 2.58. The van der Waals surface area contributed by atoms with Crippen LogP contribution in [0.5, 0.6) is 0 Å². The van der Waals surface area contributed by atoms with E-state index in [1.165, 1.54) is 31.4 Å². The normalized spacial score (nSPS) is 25.9. The number of carbonyl (C=O) groups is 1. The molecule has 1 amide bonds. The van der Waals surface area contributed by atoms with Crippen LogP contribution >= 0.6 is 11.6 Å². The average Bonchev–Trinajstić information content (AvgIpc) is 3.50. The minimum atomic E-state index is -4.67. The maximum Gasteiger partial charge on any atom is 0.435 e. The van der Waals surface area contributed by atoms with E-state index in [1.54, 1.807) is 11.6 Å². The number of nitrogens with two attached hydrogens (primary N) is 1. The van der Waals surface area contributed by atoms with E-state index in [1.807, 2.05) is 0 Å². The topological polar surface area (TPSA) is 99.0 Å². The first-order chi connectivity index (χ1) is 16.8. The van der Waals surface area contributed by atoms with Gasteiger partial charge in [-0.25, -0.2) is 9.37 Å². The summed E-state index contributed by atoms with van der Waals surface area (Å²) >= 11 is 5.93. The van der Waals surface area contributed by atoms with Crippen LogP contribution in [0.2, 0.25) is 5.02 Å². The Morgan fingerprint density at radius 2 is 1.86 bits per heavy atom. The van der Waals surface area contributed by atoms with Crippen LogP contribution in [0, 0.1) is 17.7 Å². The highest BCUT2D eigenvalue weighted by molar-refractivity contribution is 6.31. The smallest absolute Gasteiger partial charge is 0.385 e. The second-order valence-corrected chi connectivity index (χ2v) is 10.3. The van der Waals surface area contributed by atoms with Gasteiger partial charge in [0.2, 0.25) is 0 Å². The highest BCUT2D eigenvalue weighted by atomic mass is 35.5. The third-order valence-electron chi connectivity index (χ3n) is 7.56. The van der Waals surface area contributed by atoms with Gasteiger partial charge in [-0.1, -0.05) is 11.6 Å². The van der Waals surface area contributed by atoms with Crippen molar-refractivity contribution >= 4 is 17.5 Å². The van der Waals surface area contributed by atoms with Crippen molar-refractivity contribution in [2.75, 3.05) is 0 Å². The molecule has 192 valence electrons. The van der Waals surface area contributed by atoms with Gasteiger partial charge < -0.3 is 15.4 Å². The Labute approximate surface area is 208 Å². The summed E-state index contributed by atoms with van der Waals surface area (Å²) in [4.78, 5) is 17.0. The Bertz CT molecular complexity index is 1350. The fraction of sp³-hybridized carbons (Fsp3) is 0.458. The van der Waals surface area contributed by atoms with Crippen LogP contribution in [-0.4, -0.2) is 30.3 Å². The van der Waals surface area contributed by atoms with Gasteiger partial charge in [0.1, 0.15) is 17.3 Å². The van der Waals surface area contributed by atoms with Crippen molar-refractivity contribution in [2.24, 2.45) is 31.7 Å². The number of nitrogens with zero attached hydrogens (tertiary/aromatic N) is 4. The maximum absolute atomic E-state index is 13.7. The first kappa shape index (κ1) is 24.8. The minimum absolute atomic E-state index is 0.0623. The van der Waals surface area contributed by atoms with Crippen molar-refractivity contribution < 1.29 is 27.5 Å². The van der Waals surface area contributed by atoms with Crippen molar-refractivity contribution in [3.8, 4) is 11.4 Å². The molecule has 2 aliphatic carbocycles. The summed E-state index contributed by atoms with van der Waals surface area (Å²) < 4.78 is 56.9. The molecule has 0 aliphatic heterocycles. The third-order valence-corrected chi connectivity index (χ3v) is 7.85. The van der Waals surface area contributed by atoms with Gasteiger partial charge in [-0.2, -0.15) is 18.3 Å². The first-order valence-electron chi connectivity index (χ1n) is 11.4. The number of alkyl halides is 3. The van der Waals surface area contributed by atoms with E-state index < -0.39 is 29.2 Å². The lowest BCUT2D eigenvalue weighted by molar-refractivity contribution is -0.144. The first-order valence-corrected chi connectivity index (χ1v) is 11.8. The molecule has 0 radical (unpaired) electrons. The summed E-state index contributed by atoms with van der Waals surface area (Å²) in [5, 5.41) is 14.7. The summed E-state index contributed by atoms with van der Waals surface area (Å²) in [7, 11) is 3.03. The molecule has 2 aliphatic rings. The molecule has 5 rings (SSSR count). The number of imidazole rings is 1. The van der Waals surface area contributed by atoms with Crippen LogP contribution in [0.15, 0.2) is 24.4 Å². The van der Waals surface area contributed by atoms with Crippen LogP contribution in [0.1, 0.15) is 59.0 Å². The maximum atomic E-state index is 13.7. The van der Waals surface area contributed by atoms with E-state index in [0.717, 1.165) is 4.68 Å². The molecule has 2 atom stereocenters. The average molecular weight is 526 g/mol. The Morgan fingerprint density at radius 1 is 1.22 bits per heavy atom. The number of hydrogen-bond acceptors (Lipinski definition) is 4. The molecule has 12 heteroatoms. The molecule has 0 saturated heterocycles. The molecule has 1 aromatic carbocycles. The highest BCUT2D eigenvalue weighted by Gasteiger charge is 2.54. The Hall–Kier alpha value is -2.92. The van der Waals surface area contributed by atoms with Gasteiger partial charge in [-0.05, 0) is 55.7 Å². The third kappa shape index (κ3) is 3.98. The molecule has 36 heavy (non-hydrogen) atoms. The lowest BCUT2D eigenvalue weighted by Crippen LogP contribution is -2.26. The number of aromatic nitrogens is 4. The number of fused-ring (bicyclic) bond motifs is 1. The van der Waals surface area contributed by atoms with Gasteiger partial charge in [0, 0.05) is 37.3 Å². The van der Waals surface area contributed by atoms with E-state index in [-0.39, 0.29) is 46.9 Å². The zero-order valence-corrected chi connectivity index (χ0v) is 20.2. The molecule has 7 nitrogen and oxygen atoms in total. The molecule has 2 fully saturated rings. The van der Waals surface area contributed by atoms with Crippen LogP contribution < -0.4 is 5.73 Å². The summed E-state index contributed by atoms with van der Waals surface area (Å²) in [6.45, 7) is 0. The van der Waals surface area contributed by atoms with Crippen LogP contribution in [0.25, 0.3) is 11.4 Å². The molecule has 0 bridgehead atoms. The minimum Gasteiger partial charge on any atom is -0.385 e. The number of carbonyl (C=O) groups excluding carboxylic acids is 1. The number of aliphatic hydroxyl groups is 1. The van der Waals surface area contributed by atoms with E-state index in [4.69, 9.17) is 17.3 Å². The zero-order chi connectivity index (χ0) is 26.2. The number of amides is 1. The molecule has 2 saturated carbocycles. The summed E-state index contributed by atoms with van der Waals surface area (Å²) in [6.07, 6.45) is -2.04. The molecular weight excluding hydrogens is 502 g/mol. The van der Waals surface area contributed by atoms with Gasteiger partial charge in [0.15, 0.2) is 5.69 Å². The van der Waals surface area contributed by atoms with Crippen molar-refractivity contribution in [3.63, 3.8) is 0 Å². The molecule has 2 unspecified atom stereocenters. The molecular formula is C24H24ClF4N5O2. The predicted octanol–water partition coefficient (Wildman–Crippen LogP) is 4.52. The van der Waals surface area contributed by atoms with Crippen molar-refractivity contribution in [1.29, 1.82) is 0 Å². The molecule has 2 heterocycles. The number of benzene rings is 1. The predicted molar refractivity (Wildman–Crippen MR) is 122 cm³/mol. The lowest BCUT2D eigenvalue weighted by Gasteiger charge is -2.25. The van der Waals surface area contributed by atoms with Gasteiger partial charge in [0.25, 0.3) is 5.91 Å². The van der Waals surface area contributed by atoms with Crippen molar-refractivity contribution in [3.05, 3.63) is 57.9 Å². The van der Waals surface area contributed by atoms with E-state index in [0.29, 0.717) is 29.9 Å². The second kappa shape index (κ2) is 8.31. The van der Waals surface area contributed by atoms with E-state index >= 15 is 0 Å². The zero-order valence-electron chi connectivity index (χ0n) is 19.5. The van der Waals surface area contributed by atoms with Crippen molar-refractivity contribution in [1.82, 2.24) is 19.3 Å².